The number of allylic oxidation sites excluding steroid dienone is 3. The molecule has 0 heterocycles. The van der Waals surface area contributed by atoms with E-state index in [2.05, 4.69) is 38.2 Å². The van der Waals surface area contributed by atoms with E-state index in [9.17, 15) is 9.59 Å². The molecule has 1 atom stereocenters. The lowest BCUT2D eigenvalue weighted by Gasteiger charge is -2.14. The van der Waals surface area contributed by atoms with Crippen molar-refractivity contribution in [2.75, 3.05) is 0 Å². The molecule has 31 heavy (non-hydrogen) atoms. The molecular weight excluding hydrogens is 388 g/mol. The summed E-state index contributed by atoms with van der Waals surface area (Å²) < 4.78 is 5.73. The van der Waals surface area contributed by atoms with E-state index in [0.29, 0.717) is 6.42 Å². The molecule has 0 rings (SSSR count). The van der Waals surface area contributed by atoms with Crippen molar-refractivity contribution in [3.63, 3.8) is 0 Å². The minimum absolute atomic E-state index is 0.0803. The van der Waals surface area contributed by atoms with Gasteiger partial charge in [-0.3, -0.25) is 9.59 Å². The summed E-state index contributed by atoms with van der Waals surface area (Å²) in [6.07, 6.45) is 26.5. The zero-order valence-electron chi connectivity index (χ0n) is 20.3. The molecule has 0 aliphatic carbocycles. The number of rotatable bonds is 22. The molecule has 0 amide bonds. The van der Waals surface area contributed by atoms with Crippen LogP contribution in [0.2, 0.25) is 0 Å². The van der Waals surface area contributed by atoms with E-state index in [4.69, 9.17) is 9.84 Å². The average molecular weight is 437 g/mol. The first-order chi connectivity index (χ1) is 15.1. The Labute approximate surface area is 191 Å². The Morgan fingerprint density at radius 3 is 2.06 bits per heavy atom. The summed E-state index contributed by atoms with van der Waals surface area (Å²) in [5.41, 5.74) is 0. The standard InChI is InChI=1S/C27H48O4/c1-3-5-7-8-9-10-11-14-18-21-25(31-27(30)24-17-6-4-2)22-19-15-12-13-16-20-23-26(28)29/h10-11,18,21,25H,3-9,12-17,19-20,22-24H2,1-2H3,(H,28,29)/b11-10-,21-18-. The van der Waals surface area contributed by atoms with Crippen molar-refractivity contribution in [2.24, 2.45) is 0 Å². The van der Waals surface area contributed by atoms with E-state index in [-0.39, 0.29) is 18.5 Å². The van der Waals surface area contributed by atoms with E-state index in [0.717, 1.165) is 77.0 Å². The number of carboxylic acids is 1. The molecule has 1 unspecified atom stereocenters. The number of hydrogen-bond donors (Lipinski definition) is 1. The Kier molecular flexibility index (Phi) is 21.9. The van der Waals surface area contributed by atoms with Crippen LogP contribution in [-0.2, 0) is 14.3 Å². The molecule has 4 heteroatoms. The molecule has 0 aromatic rings. The molecule has 0 spiro atoms. The fourth-order valence-corrected chi connectivity index (χ4v) is 3.48. The van der Waals surface area contributed by atoms with Gasteiger partial charge in [0.2, 0.25) is 0 Å². The van der Waals surface area contributed by atoms with E-state index in [1.165, 1.54) is 25.7 Å². The first kappa shape index (κ1) is 29.4. The summed E-state index contributed by atoms with van der Waals surface area (Å²) >= 11 is 0. The zero-order chi connectivity index (χ0) is 23.0. The van der Waals surface area contributed by atoms with Crippen molar-refractivity contribution in [1.29, 1.82) is 0 Å². The van der Waals surface area contributed by atoms with E-state index in [1.54, 1.807) is 0 Å². The van der Waals surface area contributed by atoms with Crippen molar-refractivity contribution in [1.82, 2.24) is 0 Å². The Morgan fingerprint density at radius 2 is 1.35 bits per heavy atom. The summed E-state index contributed by atoms with van der Waals surface area (Å²) in [6.45, 7) is 4.37. The van der Waals surface area contributed by atoms with Crippen molar-refractivity contribution >= 4 is 11.9 Å². The van der Waals surface area contributed by atoms with Gasteiger partial charge in [-0.25, -0.2) is 0 Å². The third kappa shape index (κ3) is 22.9. The molecule has 0 saturated carbocycles. The van der Waals surface area contributed by atoms with Crippen molar-refractivity contribution in [3.8, 4) is 0 Å². The Bertz CT molecular complexity index is 482. The van der Waals surface area contributed by atoms with Crippen LogP contribution in [-0.4, -0.2) is 23.1 Å². The third-order valence-electron chi connectivity index (χ3n) is 5.41. The summed E-state index contributed by atoms with van der Waals surface area (Å²) in [6, 6.07) is 0. The maximum atomic E-state index is 12.1. The highest BCUT2D eigenvalue weighted by Gasteiger charge is 2.11. The molecule has 0 aliphatic rings. The summed E-state index contributed by atoms with van der Waals surface area (Å²) in [5, 5.41) is 8.67. The van der Waals surface area contributed by atoms with Gasteiger partial charge in [0, 0.05) is 12.8 Å². The quantitative estimate of drug-likeness (QED) is 0.106. The van der Waals surface area contributed by atoms with Crippen molar-refractivity contribution in [2.45, 2.75) is 136 Å². The molecule has 0 aliphatic heterocycles. The van der Waals surface area contributed by atoms with Crippen molar-refractivity contribution in [3.05, 3.63) is 24.3 Å². The van der Waals surface area contributed by atoms with E-state index < -0.39 is 5.97 Å². The van der Waals surface area contributed by atoms with Gasteiger partial charge < -0.3 is 9.84 Å². The van der Waals surface area contributed by atoms with Crippen LogP contribution in [0.1, 0.15) is 129 Å². The van der Waals surface area contributed by atoms with Crippen LogP contribution >= 0.6 is 0 Å². The molecule has 0 bridgehead atoms. The van der Waals surface area contributed by atoms with E-state index >= 15 is 0 Å². The van der Waals surface area contributed by atoms with Gasteiger partial charge in [-0.05, 0) is 51.0 Å². The monoisotopic (exact) mass is 436 g/mol. The highest BCUT2D eigenvalue weighted by molar-refractivity contribution is 5.69. The van der Waals surface area contributed by atoms with Gasteiger partial charge in [-0.15, -0.1) is 0 Å². The maximum absolute atomic E-state index is 12.1. The number of carbonyl (C=O) groups is 2. The molecular formula is C27H48O4. The summed E-state index contributed by atoms with van der Waals surface area (Å²) in [4.78, 5) is 22.7. The number of ether oxygens (including phenoxy) is 1. The fraction of sp³-hybridized carbons (Fsp3) is 0.778. The Hall–Kier alpha value is -1.58. The third-order valence-corrected chi connectivity index (χ3v) is 5.41. The average Bonchev–Trinajstić information content (AvgIpc) is 2.74. The van der Waals surface area contributed by atoms with Gasteiger partial charge in [0.15, 0.2) is 0 Å². The largest absolute Gasteiger partial charge is 0.481 e. The molecule has 0 radical (unpaired) electrons. The number of hydrogen-bond acceptors (Lipinski definition) is 3. The summed E-state index contributed by atoms with van der Waals surface area (Å²) in [5.74, 6) is -0.787. The van der Waals surface area contributed by atoms with Crippen LogP contribution in [0.15, 0.2) is 24.3 Å². The van der Waals surface area contributed by atoms with Gasteiger partial charge in [0.25, 0.3) is 0 Å². The number of aliphatic carboxylic acids is 1. The second-order valence-electron chi connectivity index (χ2n) is 8.52. The van der Waals surface area contributed by atoms with Gasteiger partial charge in [0.1, 0.15) is 6.10 Å². The van der Waals surface area contributed by atoms with Gasteiger partial charge >= 0.3 is 11.9 Å². The van der Waals surface area contributed by atoms with Gasteiger partial charge in [0.05, 0.1) is 0 Å². The molecule has 0 saturated heterocycles. The molecule has 0 aromatic carbocycles. The Morgan fingerprint density at radius 1 is 0.742 bits per heavy atom. The first-order valence-electron chi connectivity index (χ1n) is 12.8. The number of carbonyl (C=O) groups excluding carboxylic acids is 1. The number of carboxylic acid groups (broad SMARTS) is 1. The Balaban J connectivity index is 4.18. The maximum Gasteiger partial charge on any atom is 0.306 e. The van der Waals surface area contributed by atoms with Crippen molar-refractivity contribution < 1.29 is 19.4 Å². The number of esters is 1. The van der Waals surface area contributed by atoms with E-state index in [1.807, 2.05) is 0 Å². The highest BCUT2D eigenvalue weighted by atomic mass is 16.5. The highest BCUT2D eigenvalue weighted by Crippen LogP contribution is 2.14. The van der Waals surface area contributed by atoms with Crippen LogP contribution in [0.25, 0.3) is 0 Å². The fourth-order valence-electron chi connectivity index (χ4n) is 3.48. The second kappa shape index (κ2) is 23.1. The predicted octanol–water partition coefficient (Wildman–Crippen LogP) is 8.16. The lowest BCUT2D eigenvalue weighted by molar-refractivity contribution is -0.147. The molecule has 180 valence electrons. The first-order valence-corrected chi connectivity index (χ1v) is 12.8. The molecule has 4 nitrogen and oxygen atoms in total. The van der Waals surface area contributed by atoms with Gasteiger partial charge in [-0.1, -0.05) is 89.9 Å². The summed E-state index contributed by atoms with van der Waals surface area (Å²) in [7, 11) is 0. The van der Waals surface area contributed by atoms with Crippen LogP contribution in [0.4, 0.5) is 0 Å². The van der Waals surface area contributed by atoms with Crippen LogP contribution in [0.3, 0.4) is 0 Å². The lowest BCUT2D eigenvalue weighted by atomic mass is 10.1. The lowest BCUT2D eigenvalue weighted by Crippen LogP contribution is -2.16. The number of unbranched alkanes of at least 4 members (excludes halogenated alkanes) is 11. The predicted molar refractivity (Wildman–Crippen MR) is 130 cm³/mol. The van der Waals surface area contributed by atoms with Crippen LogP contribution in [0, 0.1) is 0 Å². The molecule has 1 N–H and O–H groups in total. The van der Waals surface area contributed by atoms with Gasteiger partial charge in [-0.2, -0.15) is 0 Å². The van der Waals surface area contributed by atoms with Crippen LogP contribution < -0.4 is 0 Å². The smallest absolute Gasteiger partial charge is 0.306 e. The minimum Gasteiger partial charge on any atom is -0.481 e. The SMILES string of the molecule is CCCCCC/C=C\C/C=C\C(CCCCCCCCC(=O)O)OC(=O)CCCCC. The van der Waals surface area contributed by atoms with Crippen LogP contribution in [0.5, 0.6) is 0 Å². The molecule has 0 fully saturated rings. The minimum atomic E-state index is -0.707. The normalized spacial score (nSPS) is 12.6. The topological polar surface area (TPSA) is 63.6 Å². The second-order valence-corrected chi connectivity index (χ2v) is 8.52. The zero-order valence-corrected chi connectivity index (χ0v) is 20.3. The molecule has 0 aromatic heterocycles.